The van der Waals surface area contributed by atoms with Gasteiger partial charge in [0, 0.05) is 30.2 Å². The average Bonchev–Trinajstić information content (AvgIpc) is 2.68. The summed E-state index contributed by atoms with van der Waals surface area (Å²) in [5.74, 6) is 0. The van der Waals surface area contributed by atoms with Crippen molar-refractivity contribution in [3.8, 4) is 0 Å². The van der Waals surface area contributed by atoms with E-state index in [9.17, 15) is 0 Å². The Morgan fingerprint density at radius 2 is 2.33 bits per heavy atom. The molecule has 1 aromatic heterocycles. The highest BCUT2D eigenvalue weighted by atomic mass is 32.2. The van der Waals surface area contributed by atoms with Gasteiger partial charge in [0.1, 0.15) is 0 Å². The molecule has 1 rings (SSSR count). The van der Waals surface area contributed by atoms with Gasteiger partial charge in [-0.1, -0.05) is 32.0 Å². The number of rotatable bonds is 7. The topological polar surface area (TPSA) is 40.7 Å². The van der Waals surface area contributed by atoms with Crippen LogP contribution in [0.25, 0.3) is 0 Å². The lowest BCUT2D eigenvalue weighted by Gasteiger charge is -2.16. The van der Waals surface area contributed by atoms with E-state index in [-0.39, 0.29) is 0 Å². The van der Waals surface area contributed by atoms with Gasteiger partial charge in [0.05, 0.1) is 0 Å². The predicted octanol–water partition coefficient (Wildman–Crippen LogP) is 2.67. The Balaban J connectivity index is 2.16. The molecule has 0 fully saturated rings. The van der Waals surface area contributed by atoms with E-state index in [0.717, 1.165) is 11.7 Å². The molecule has 2 atom stereocenters. The van der Waals surface area contributed by atoms with Crippen molar-refractivity contribution in [2.75, 3.05) is 6.54 Å². The number of imidazole rings is 1. The summed E-state index contributed by atoms with van der Waals surface area (Å²) < 4.78 is 0. The molecule has 0 saturated heterocycles. The largest absolute Gasteiger partial charge is 0.340 e. The molecule has 1 heterocycles. The Hall–Kier alpha value is -0.480. The summed E-state index contributed by atoms with van der Waals surface area (Å²) in [6, 6.07) is 0.620. The van der Waals surface area contributed by atoms with Crippen LogP contribution in [-0.4, -0.2) is 27.8 Å². The van der Waals surface area contributed by atoms with Crippen molar-refractivity contribution in [2.45, 2.75) is 50.1 Å². The van der Waals surface area contributed by atoms with Gasteiger partial charge in [-0.25, -0.2) is 4.98 Å². The zero-order valence-electron chi connectivity index (χ0n) is 9.79. The van der Waals surface area contributed by atoms with Crippen LogP contribution in [-0.2, 0) is 0 Å². The molecule has 15 heavy (non-hydrogen) atoms. The van der Waals surface area contributed by atoms with Crippen LogP contribution in [0.1, 0.15) is 33.6 Å². The maximum absolute atomic E-state index is 4.20. The van der Waals surface area contributed by atoms with Crippen LogP contribution in [0, 0.1) is 0 Å². The van der Waals surface area contributed by atoms with Gasteiger partial charge in [-0.3, -0.25) is 0 Å². The van der Waals surface area contributed by atoms with Crippen molar-refractivity contribution in [3.63, 3.8) is 0 Å². The molecule has 2 N–H and O–H groups in total. The first-order chi connectivity index (χ1) is 7.22. The third-order valence-corrected chi connectivity index (χ3v) is 3.28. The third kappa shape index (κ3) is 5.23. The van der Waals surface area contributed by atoms with Crippen molar-refractivity contribution in [1.82, 2.24) is 15.3 Å². The van der Waals surface area contributed by atoms with Gasteiger partial charge >= 0.3 is 0 Å². The molecule has 1 aromatic rings. The van der Waals surface area contributed by atoms with E-state index in [4.69, 9.17) is 0 Å². The van der Waals surface area contributed by atoms with Crippen LogP contribution in [0.5, 0.6) is 0 Å². The Bertz CT molecular complexity index is 248. The first-order valence-electron chi connectivity index (χ1n) is 5.61. The minimum atomic E-state index is 0.551. The Labute approximate surface area is 96.5 Å². The Morgan fingerprint density at radius 1 is 1.53 bits per heavy atom. The molecule has 0 bridgehead atoms. The molecule has 4 heteroatoms. The molecule has 0 aliphatic rings. The number of aromatic nitrogens is 2. The average molecular weight is 227 g/mol. The second-order valence-electron chi connectivity index (χ2n) is 3.92. The summed E-state index contributed by atoms with van der Waals surface area (Å²) >= 11 is 1.78. The van der Waals surface area contributed by atoms with Gasteiger partial charge in [-0.15, -0.1) is 0 Å². The van der Waals surface area contributed by atoms with Crippen LogP contribution >= 0.6 is 11.8 Å². The third-order valence-electron chi connectivity index (χ3n) is 2.26. The molecule has 3 nitrogen and oxygen atoms in total. The Kier molecular flexibility index (Phi) is 5.79. The fraction of sp³-hybridized carbons (Fsp3) is 0.727. The lowest BCUT2D eigenvalue weighted by atomic mass is 10.2. The number of hydrogen-bond donors (Lipinski definition) is 2. The SMILES string of the molecule is CCCC(C)NCC(C)Sc1ncc[nH]1. The van der Waals surface area contributed by atoms with Crippen molar-refractivity contribution in [2.24, 2.45) is 0 Å². The van der Waals surface area contributed by atoms with Crippen LogP contribution in [0.4, 0.5) is 0 Å². The van der Waals surface area contributed by atoms with Crippen molar-refractivity contribution >= 4 is 11.8 Å². The van der Waals surface area contributed by atoms with E-state index < -0.39 is 0 Å². The number of nitrogens with one attached hydrogen (secondary N) is 2. The zero-order valence-corrected chi connectivity index (χ0v) is 10.6. The van der Waals surface area contributed by atoms with E-state index >= 15 is 0 Å². The normalized spacial score (nSPS) is 15.1. The fourth-order valence-corrected chi connectivity index (χ4v) is 2.27. The molecule has 0 aromatic carbocycles. The summed E-state index contributed by atoms with van der Waals surface area (Å²) in [5.41, 5.74) is 0. The van der Waals surface area contributed by atoms with Gasteiger partial charge < -0.3 is 10.3 Å². The maximum atomic E-state index is 4.20. The molecule has 0 spiro atoms. The summed E-state index contributed by atoms with van der Waals surface area (Å²) in [5, 5.41) is 5.09. The van der Waals surface area contributed by atoms with Crippen LogP contribution in [0.15, 0.2) is 17.6 Å². The molecule has 0 saturated carbocycles. The van der Waals surface area contributed by atoms with Crippen LogP contribution in [0.2, 0.25) is 0 Å². The maximum Gasteiger partial charge on any atom is 0.165 e. The van der Waals surface area contributed by atoms with Crippen LogP contribution < -0.4 is 5.32 Å². The second kappa shape index (κ2) is 6.90. The highest BCUT2D eigenvalue weighted by Gasteiger charge is 2.07. The van der Waals surface area contributed by atoms with E-state index in [1.54, 1.807) is 18.0 Å². The van der Waals surface area contributed by atoms with E-state index in [1.807, 2.05) is 6.20 Å². The molecule has 86 valence electrons. The number of aromatic amines is 1. The van der Waals surface area contributed by atoms with E-state index in [0.29, 0.717) is 11.3 Å². The second-order valence-corrected chi connectivity index (χ2v) is 5.35. The highest BCUT2D eigenvalue weighted by Crippen LogP contribution is 2.17. The smallest absolute Gasteiger partial charge is 0.165 e. The molecule has 2 unspecified atom stereocenters. The number of nitrogens with zero attached hydrogens (tertiary/aromatic N) is 1. The molecule has 0 aliphatic heterocycles. The highest BCUT2D eigenvalue weighted by molar-refractivity contribution is 7.99. The Morgan fingerprint density at radius 3 is 2.93 bits per heavy atom. The standard InChI is InChI=1S/C11H21N3S/c1-4-5-9(2)14-8-10(3)15-11-12-6-7-13-11/h6-7,9-10,14H,4-5,8H2,1-3H3,(H,12,13). The van der Waals surface area contributed by atoms with Gasteiger partial charge in [0.25, 0.3) is 0 Å². The summed E-state index contributed by atoms with van der Waals surface area (Å²) in [4.78, 5) is 7.30. The molecular formula is C11H21N3S. The molecule has 0 radical (unpaired) electrons. The van der Waals surface area contributed by atoms with Gasteiger partial charge in [-0.05, 0) is 13.3 Å². The zero-order chi connectivity index (χ0) is 11.1. The van der Waals surface area contributed by atoms with Crippen molar-refractivity contribution in [1.29, 1.82) is 0 Å². The van der Waals surface area contributed by atoms with Gasteiger partial charge in [0.2, 0.25) is 0 Å². The molecular weight excluding hydrogens is 206 g/mol. The lowest BCUT2D eigenvalue weighted by Crippen LogP contribution is -2.31. The minimum Gasteiger partial charge on any atom is -0.340 e. The first kappa shape index (κ1) is 12.6. The quantitative estimate of drug-likeness (QED) is 0.704. The fourth-order valence-electron chi connectivity index (χ4n) is 1.45. The molecule has 0 amide bonds. The van der Waals surface area contributed by atoms with Gasteiger partial charge in [0.15, 0.2) is 5.16 Å². The first-order valence-corrected chi connectivity index (χ1v) is 6.49. The minimum absolute atomic E-state index is 0.551. The number of H-pyrrole nitrogens is 1. The summed E-state index contributed by atoms with van der Waals surface area (Å²) in [6.07, 6.45) is 6.15. The predicted molar refractivity (Wildman–Crippen MR) is 66.3 cm³/mol. The van der Waals surface area contributed by atoms with Crippen molar-refractivity contribution in [3.05, 3.63) is 12.4 Å². The van der Waals surface area contributed by atoms with Gasteiger partial charge in [-0.2, -0.15) is 0 Å². The van der Waals surface area contributed by atoms with E-state index in [2.05, 4.69) is 36.1 Å². The summed E-state index contributed by atoms with van der Waals surface area (Å²) in [6.45, 7) is 7.72. The number of thioether (sulfide) groups is 1. The van der Waals surface area contributed by atoms with Crippen LogP contribution in [0.3, 0.4) is 0 Å². The monoisotopic (exact) mass is 227 g/mol. The van der Waals surface area contributed by atoms with E-state index in [1.165, 1.54) is 12.8 Å². The lowest BCUT2D eigenvalue weighted by molar-refractivity contribution is 0.511. The number of hydrogen-bond acceptors (Lipinski definition) is 3. The molecule has 0 aliphatic carbocycles. The van der Waals surface area contributed by atoms with Crippen molar-refractivity contribution < 1.29 is 0 Å². The summed E-state index contributed by atoms with van der Waals surface area (Å²) in [7, 11) is 0.